The lowest BCUT2D eigenvalue weighted by Crippen LogP contribution is -2.53. The Bertz CT molecular complexity index is 303. The van der Waals surface area contributed by atoms with Crippen molar-refractivity contribution in [3.8, 4) is 0 Å². The maximum Gasteiger partial charge on any atom is 0.0724 e. The number of nitrogens with zero attached hydrogens (tertiary/aromatic N) is 1. The van der Waals surface area contributed by atoms with Crippen LogP contribution in [0.5, 0.6) is 0 Å². The van der Waals surface area contributed by atoms with E-state index in [1.54, 1.807) is 0 Å². The number of nitrogens with one attached hydrogen (secondary N) is 1. The summed E-state index contributed by atoms with van der Waals surface area (Å²) in [6.45, 7) is 13.1. The number of methoxy groups -OCH3 is 1. The van der Waals surface area contributed by atoms with Crippen LogP contribution < -0.4 is 5.32 Å². The van der Waals surface area contributed by atoms with E-state index in [9.17, 15) is 0 Å². The molecule has 4 nitrogen and oxygen atoms in total. The van der Waals surface area contributed by atoms with Crippen LogP contribution in [0.1, 0.15) is 40.0 Å². The second kappa shape index (κ2) is 7.91. The first kappa shape index (κ1) is 17.2. The molecule has 124 valence electrons. The third-order valence-corrected chi connectivity index (χ3v) is 5.12. The molecule has 2 rings (SSSR count). The minimum Gasteiger partial charge on any atom is -0.381 e. The Morgan fingerprint density at radius 2 is 2.24 bits per heavy atom. The van der Waals surface area contributed by atoms with Crippen LogP contribution in [0.4, 0.5) is 0 Å². The molecule has 0 saturated carbocycles. The van der Waals surface area contributed by atoms with E-state index in [-0.39, 0.29) is 5.41 Å². The summed E-state index contributed by atoms with van der Waals surface area (Å²) in [6, 6.07) is 0.539. The van der Waals surface area contributed by atoms with E-state index in [4.69, 9.17) is 9.47 Å². The van der Waals surface area contributed by atoms with Crippen molar-refractivity contribution in [1.29, 1.82) is 0 Å². The molecule has 0 amide bonds. The molecule has 0 spiro atoms. The molecule has 3 atom stereocenters. The molecular formula is C17H34N2O2. The van der Waals surface area contributed by atoms with Crippen LogP contribution in [0.25, 0.3) is 0 Å². The van der Waals surface area contributed by atoms with E-state index in [2.05, 4.69) is 31.0 Å². The van der Waals surface area contributed by atoms with Gasteiger partial charge in [0.1, 0.15) is 0 Å². The van der Waals surface area contributed by atoms with Crippen molar-refractivity contribution in [2.75, 3.05) is 46.5 Å². The molecule has 2 aliphatic rings. The van der Waals surface area contributed by atoms with Gasteiger partial charge in [0.15, 0.2) is 0 Å². The van der Waals surface area contributed by atoms with Crippen molar-refractivity contribution in [3.63, 3.8) is 0 Å². The van der Waals surface area contributed by atoms with Crippen LogP contribution >= 0.6 is 0 Å². The fourth-order valence-corrected chi connectivity index (χ4v) is 3.67. The van der Waals surface area contributed by atoms with E-state index < -0.39 is 0 Å². The third kappa shape index (κ3) is 4.92. The number of hydrogen-bond donors (Lipinski definition) is 1. The molecule has 0 aromatic carbocycles. The van der Waals surface area contributed by atoms with Gasteiger partial charge in [0.25, 0.3) is 0 Å². The fraction of sp³-hybridized carbons (Fsp3) is 1.00. The SMILES string of the molecule is COC1CN(CC2(CNC(C)C)CCCOC2)CCC1C. The lowest BCUT2D eigenvalue weighted by molar-refractivity contribution is -0.0552. The van der Waals surface area contributed by atoms with Crippen LogP contribution in [0.2, 0.25) is 0 Å². The standard InChI is InChI=1S/C17H34N2O2/c1-14(2)18-11-17(7-5-9-21-13-17)12-19-8-6-15(3)16(10-19)20-4/h14-16,18H,5-13H2,1-4H3. The van der Waals surface area contributed by atoms with Gasteiger partial charge in [-0.15, -0.1) is 0 Å². The molecule has 0 aromatic rings. The van der Waals surface area contributed by atoms with Gasteiger partial charge in [-0.3, -0.25) is 0 Å². The molecule has 2 aliphatic heterocycles. The Hall–Kier alpha value is -0.160. The number of rotatable bonds is 6. The van der Waals surface area contributed by atoms with Gasteiger partial charge in [-0.05, 0) is 31.7 Å². The topological polar surface area (TPSA) is 33.7 Å². The highest BCUT2D eigenvalue weighted by Crippen LogP contribution is 2.31. The molecule has 3 unspecified atom stereocenters. The van der Waals surface area contributed by atoms with Crippen LogP contribution in [0.3, 0.4) is 0 Å². The average Bonchev–Trinajstić information content (AvgIpc) is 2.48. The predicted octanol–water partition coefficient (Wildman–Crippen LogP) is 2.14. The zero-order chi connectivity index (χ0) is 15.3. The second-order valence-corrected chi connectivity index (χ2v) is 7.47. The lowest BCUT2D eigenvalue weighted by Gasteiger charge is -2.44. The van der Waals surface area contributed by atoms with Crippen molar-refractivity contribution >= 4 is 0 Å². The monoisotopic (exact) mass is 298 g/mol. The minimum atomic E-state index is 0.279. The van der Waals surface area contributed by atoms with E-state index in [0.29, 0.717) is 18.1 Å². The molecule has 2 saturated heterocycles. The van der Waals surface area contributed by atoms with Crippen molar-refractivity contribution in [2.24, 2.45) is 11.3 Å². The lowest BCUT2D eigenvalue weighted by atomic mass is 9.80. The fourth-order valence-electron chi connectivity index (χ4n) is 3.67. The summed E-state index contributed by atoms with van der Waals surface area (Å²) in [4.78, 5) is 2.60. The van der Waals surface area contributed by atoms with Gasteiger partial charge in [-0.25, -0.2) is 0 Å². The van der Waals surface area contributed by atoms with Gasteiger partial charge >= 0.3 is 0 Å². The van der Waals surface area contributed by atoms with E-state index in [1.807, 2.05) is 7.11 Å². The first-order chi connectivity index (χ1) is 10.0. The van der Waals surface area contributed by atoms with Crippen LogP contribution in [0, 0.1) is 11.3 Å². The summed E-state index contributed by atoms with van der Waals surface area (Å²) >= 11 is 0. The number of hydrogen-bond acceptors (Lipinski definition) is 4. The normalized spacial score (nSPS) is 35.3. The van der Waals surface area contributed by atoms with Crippen molar-refractivity contribution < 1.29 is 9.47 Å². The predicted molar refractivity (Wildman–Crippen MR) is 86.6 cm³/mol. The van der Waals surface area contributed by atoms with Crippen molar-refractivity contribution in [3.05, 3.63) is 0 Å². The van der Waals surface area contributed by atoms with Gasteiger partial charge in [0.05, 0.1) is 12.7 Å². The Balaban J connectivity index is 1.94. The Kier molecular flexibility index (Phi) is 6.48. The van der Waals surface area contributed by atoms with Crippen LogP contribution in [-0.4, -0.2) is 63.5 Å². The Morgan fingerprint density at radius 1 is 1.43 bits per heavy atom. The molecule has 2 fully saturated rings. The van der Waals surface area contributed by atoms with Gasteiger partial charge in [0, 0.05) is 44.8 Å². The number of likely N-dealkylation sites (tertiary alicyclic amines) is 1. The van der Waals surface area contributed by atoms with E-state index in [1.165, 1.54) is 25.8 Å². The molecule has 0 aliphatic carbocycles. The van der Waals surface area contributed by atoms with Gasteiger partial charge < -0.3 is 19.7 Å². The molecular weight excluding hydrogens is 264 g/mol. The molecule has 21 heavy (non-hydrogen) atoms. The molecule has 0 aromatic heterocycles. The zero-order valence-electron chi connectivity index (χ0n) is 14.4. The summed E-state index contributed by atoms with van der Waals surface area (Å²) in [6.07, 6.45) is 4.10. The molecule has 2 heterocycles. The molecule has 0 bridgehead atoms. The van der Waals surface area contributed by atoms with Crippen LogP contribution in [0.15, 0.2) is 0 Å². The van der Waals surface area contributed by atoms with E-state index >= 15 is 0 Å². The number of ether oxygens (including phenoxy) is 2. The second-order valence-electron chi connectivity index (χ2n) is 7.47. The smallest absolute Gasteiger partial charge is 0.0724 e. The maximum atomic E-state index is 5.84. The Morgan fingerprint density at radius 3 is 2.86 bits per heavy atom. The summed E-state index contributed by atoms with van der Waals surface area (Å²) < 4.78 is 11.5. The zero-order valence-corrected chi connectivity index (χ0v) is 14.4. The first-order valence-electron chi connectivity index (χ1n) is 8.61. The maximum absolute atomic E-state index is 5.84. The van der Waals surface area contributed by atoms with Crippen molar-refractivity contribution in [2.45, 2.75) is 52.2 Å². The van der Waals surface area contributed by atoms with E-state index in [0.717, 1.165) is 32.8 Å². The summed E-state index contributed by atoms with van der Waals surface area (Å²) in [5, 5.41) is 3.64. The van der Waals surface area contributed by atoms with Gasteiger partial charge in [-0.2, -0.15) is 0 Å². The van der Waals surface area contributed by atoms with Crippen molar-refractivity contribution in [1.82, 2.24) is 10.2 Å². The molecule has 0 radical (unpaired) electrons. The number of piperidine rings is 1. The average molecular weight is 298 g/mol. The largest absolute Gasteiger partial charge is 0.381 e. The molecule has 1 N–H and O–H groups in total. The summed E-state index contributed by atoms with van der Waals surface area (Å²) in [5.74, 6) is 0.679. The van der Waals surface area contributed by atoms with Gasteiger partial charge in [-0.1, -0.05) is 20.8 Å². The van der Waals surface area contributed by atoms with Gasteiger partial charge in [0.2, 0.25) is 0 Å². The minimum absolute atomic E-state index is 0.279. The Labute approximate surface area is 130 Å². The first-order valence-corrected chi connectivity index (χ1v) is 8.61. The third-order valence-electron chi connectivity index (χ3n) is 5.12. The van der Waals surface area contributed by atoms with Crippen LogP contribution in [-0.2, 0) is 9.47 Å². The highest BCUT2D eigenvalue weighted by Gasteiger charge is 2.37. The highest BCUT2D eigenvalue weighted by atomic mass is 16.5. The summed E-state index contributed by atoms with van der Waals surface area (Å²) in [7, 11) is 1.85. The quantitative estimate of drug-likeness (QED) is 0.814. The summed E-state index contributed by atoms with van der Waals surface area (Å²) in [5.41, 5.74) is 0.279. The highest BCUT2D eigenvalue weighted by molar-refractivity contribution is 4.90. The molecule has 4 heteroatoms.